The number of nitrogens with zero attached hydrogens (tertiary/aromatic N) is 1. The van der Waals surface area contributed by atoms with Gasteiger partial charge in [-0.05, 0) is 67.1 Å². The van der Waals surface area contributed by atoms with Gasteiger partial charge in [0.25, 0.3) is 5.91 Å². The summed E-state index contributed by atoms with van der Waals surface area (Å²) in [5, 5.41) is 6.06. The van der Waals surface area contributed by atoms with E-state index in [1.165, 1.54) is 23.1 Å². The van der Waals surface area contributed by atoms with Gasteiger partial charge in [0.2, 0.25) is 11.8 Å². The Kier molecular flexibility index (Phi) is 8.00. The lowest BCUT2D eigenvalue weighted by Crippen LogP contribution is -2.52. The lowest BCUT2D eigenvalue weighted by Gasteiger charge is -2.35. The van der Waals surface area contributed by atoms with E-state index in [1.807, 2.05) is 0 Å². The minimum Gasteiger partial charge on any atom is -0.462 e. The molecular weight excluding hydrogens is 494 g/mol. The quantitative estimate of drug-likeness (QED) is 0.342. The highest BCUT2D eigenvalue weighted by atomic mass is 35.5. The number of carbonyl (C=O) groups is 4. The van der Waals surface area contributed by atoms with Crippen LogP contribution in [0.1, 0.15) is 29.3 Å². The molecule has 8 nitrogen and oxygen atoms in total. The van der Waals surface area contributed by atoms with Gasteiger partial charge in [-0.25, -0.2) is 4.79 Å². The van der Waals surface area contributed by atoms with Crippen molar-refractivity contribution in [1.29, 1.82) is 0 Å². The molecule has 3 aromatic carbocycles. The Morgan fingerprint density at radius 1 is 1.03 bits per heavy atom. The summed E-state index contributed by atoms with van der Waals surface area (Å²) >= 11 is 5.93. The number of fused-ring (bicyclic) bond motifs is 1. The van der Waals surface area contributed by atoms with Crippen LogP contribution in [0.3, 0.4) is 0 Å². The zero-order chi connectivity index (χ0) is 26.4. The van der Waals surface area contributed by atoms with Gasteiger partial charge >= 0.3 is 5.97 Å². The molecule has 188 valence electrons. The second kappa shape index (κ2) is 11.5. The standard InChI is InChI=1S/C28H24ClN3O5/c1-2-37-28(36)19-10-14-21(15-11-19)30-25(33)17-24-27(35)31-22-5-3-4-6-23(22)32(24)26(34)16-9-18-7-12-20(29)13-8-18/h3-16,24H,2,17H2,1H3,(H,30,33)(H,31,35)/b16-9+/t24-/m0/s1. The minimum absolute atomic E-state index is 0.258. The van der Waals surface area contributed by atoms with E-state index in [1.54, 1.807) is 73.7 Å². The third-order valence-electron chi connectivity index (χ3n) is 5.62. The number of esters is 1. The fourth-order valence-electron chi connectivity index (χ4n) is 3.86. The number of hydrogen-bond acceptors (Lipinski definition) is 5. The van der Waals surface area contributed by atoms with Gasteiger partial charge in [-0.15, -0.1) is 0 Å². The van der Waals surface area contributed by atoms with Crippen molar-refractivity contribution in [2.45, 2.75) is 19.4 Å². The average molecular weight is 518 g/mol. The van der Waals surface area contributed by atoms with Crippen molar-refractivity contribution in [2.75, 3.05) is 22.1 Å². The van der Waals surface area contributed by atoms with Crippen LogP contribution in [0.5, 0.6) is 0 Å². The van der Waals surface area contributed by atoms with Crippen molar-refractivity contribution in [3.8, 4) is 0 Å². The second-order valence-corrected chi connectivity index (χ2v) is 8.60. The summed E-state index contributed by atoms with van der Waals surface area (Å²) in [6, 6.07) is 19.0. The maximum Gasteiger partial charge on any atom is 0.338 e. The van der Waals surface area contributed by atoms with E-state index in [-0.39, 0.29) is 13.0 Å². The van der Waals surface area contributed by atoms with Gasteiger partial charge in [-0.1, -0.05) is 35.9 Å². The zero-order valence-corrected chi connectivity index (χ0v) is 20.7. The van der Waals surface area contributed by atoms with Crippen molar-refractivity contribution in [3.05, 3.63) is 95.0 Å². The van der Waals surface area contributed by atoms with Crippen molar-refractivity contribution >= 4 is 58.4 Å². The van der Waals surface area contributed by atoms with Crippen LogP contribution in [-0.4, -0.2) is 36.3 Å². The molecule has 4 rings (SSSR count). The Bertz CT molecular complexity index is 1350. The molecule has 0 spiro atoms. The maximum atomic E-state index is 13.3. The van der Waals surface area contributed by atoms with Gasteiger partial charge < -0.3 is 15.4 Å². The molecule has 9 heteroatoms. The molecule has 0 unspecified atom stereocenters. The number of nitrogens with one attached hydrogen (secondary N) is 2. The molecule has 37 heavy (non-hydrogen) atoms. The van der Waals surface area contributed by atoms with Crippen LogP contribution in [0, 0.1) is 0 Å². The van der Waals surface area contributed by atoms with Gasteiger partial charge in [-0.3, -0.25) is 19.3 Å². The van der Waals surface area contributed by atoms with Crippen molar-refractivity contribution in [2.24, 2.45) is 0 Å². The van der Waals surface area contributed by atoms with Gasteiger partial charge in [0.05, 0.1) is 30.0 Å². The van der Waals surface area contributed by atoms with E-state index >= 15 is 0 Å². The molecule has 1 aliphatic heterocycles. The Morgan fingerprint density at radius 3 is 2.43 bits per heavy atom. The second-order valence-electron chi connectivity index (χ2n) is 8.17. The molecule has 0 saturated carbocycles. The van der Waals surface area contributed by atoms with Crippen LogP contribution >= 0.6 is 11.6 Å². The molecule has 0 fully saturated rings. The summed E-state index contributed by atoms with van der Waals surface area (Å²) in [4.78, 5) is 52.3. The molecule has 1 aliphatic rings. The SMILES string of the molecule is CCOC(=O)c1ccc(NC(=O)C[C@H]2C(=O)Nc3ccccc3N2C(=O)/C=C/c2ccc(Cl)cc2)cc1. The molecule has 3 amide bonds. The van der Waals surface area contributed by atoms with Crippen LogP contribution in [0.15, 0.2) is 78.9 Å². The highest BCUT2D eigenvalue weighted by Crippen LogP contribution is 2.33. The number of para-hydroxylation sites is 2. The van der Waals surface area contributed by atoms with Crippen LogP contribution < -0.4 is 15.5 Å². The van der Waals surface area contributed by atoms with Crippen molar-refractivity contribution in [1.82, 2.24) is 0 Å². The highest BCUT2D eigenvalue weighted by molar-refractivity contribution is 6.30. The first-order chi connectivity index (χ1) is 17.9. The highest BCUT2D eigenvalue weighted by Gasteiger charge is 2.37. The predicted molar refractivity (Wildman–Crippen MR) is 142 cm³/mol. The number of anilines is 3. The smallest absolute Gasteiger partial charge is 0.338 e. The van der Waals surface area contributed by atoms with Crippen LogP contribution in [0.2, 0.25) is 5.02 Å². The lowest BCUT2D eigenvalue weighted by atomic mass is 10.0. The molecule has 0 bridgehead atoms. The van der Waals surface area contributed by atoms with Gasteiger partial charge in [0.15, 0.2) is 0 Å². The summed E-state index contributed by atoms with van der Waals surface area (Å²) in [6.45, 7) is 1.97. The third-order valence-corrected chi connectivity index (χ3v) is 5.87. The zero-order valence-electron chi connectivity index (χ0n) is 19.9. The van der Waals surface area contributed by atoms with Gasteiger partial charge in [0.1, 0.15) is 6.04 Å². The number of hydrogen-bond donors (Lipinski definition) is 2. The third kappa shape index (κ3) is 6.23. The monoisotopic (exact) mass is 517 g/mol. The normalized spacial score (nSPS) is 14.6. The molecule has 2 N–H and O–H groups in total. The predicted octanol–water partition coefficient (Wildman–Crippen LogP) is 4.91. The molecule has 1 heterocycles. The average Bonchev–Trinajstić information content (AvgIpc) is 2.89. The van der Waals surface area contributed by atoms with E-state index < -0.39 is 29.7 Å². The molecule has 0 saturated heterocycles. The van der Waals surface area contributed by atoms with Crippen molar-refractivity contribution < 1.29 is 23.9 Å². The van der Waals surface area contributed by atoms with Gasteiger partial charge in [-0.2, -0.15) is 0 Å². The van der Waals surface area contributed by atoms with E-state index in [2.05, 4.69) is 10.6 Å². The maximum absolute atomic E-state index is 13.3. The molecule has 1 atom stereocenters. The molecular formula is C28H24ClN3O5. The van der Waals surface area contributed by atoms with Gasteiger partial charge in [0, 0.05) is 16.8 Å². The number of carbonyl (C=O) groups excluding carboxylic acids is 4. The number of rotatable bonds is 7. The number of benzene rings is 3. The Labute approximate surface area is 218 Å². The van der Waals surface area contributed by atoms with Crippen LogP contribution in [0.4, 0.5) is 17.1 Å². The number of amides is 3. The van der Waals surface area contributed by atoms with E-state index in [0.29, 0.717) is 27.6 Å². The molecule has 3 aromatic rings. The fraction of sp³-hybridized carbons (Fsp3) is 0.143. The first-order valence-corrected chi connectivity index (χ1v) is 12.0. The minimum atomic E-state index is -1.07. The molecule has 0 aromatic heterocycles. The summed E-state index contributed by atoms with van der Waals surface area (Å²) in [6.07, 6.45) is 2.70. The largest absolute Gasteiger partial charge is 0.462 e. The summed E-state index contributed by atoms with van der Waals surface area (Å²) in [5.41, 5.74) is 2.52. The Morgan fingerprint density at radius 2 is 1.73 bits per heavy atom. The lowest BCUT2D eigenvalue weighted by molar-refractivity contribution is -0.124. The Balaban J connectivity index is 1.53. The number of halogens is 1. The molecule has 0 radical (unpaired) electrons. The van der Waals surface area contributed by atoms with E-state index in [4.69, 9.17) is 16.3 Å². The number of ether oxygens (including phenoxy) is 1. The van der Waals surface area contributed by atoms with E-state index in [9.17, 15) is 19.2 Å². The van der Waals surface area contributed by atoms with Crippen LogP contribution in [-0.2, 0) is 19.1 Å². The Hall–Kier alpha value is -4.43. The van der Waals surface area contributed by atoms with Crippen molar-refractivity contribution in [3.63, 3.8) is 0 Å². The summed E-state index contributed by atoms with van der Waals surface area (Å²) < 4.78 is 4.96. The fourth-order valence-corrected chi connectivity index (χ4v) is 3.99. The summed E-state index contributed by atoms with van der Waals surface area (Å²) in [5.74, 6) is -1.85. The van der Waals surface area contributed by atoms with Crippen LogP contribution in [0.25, 0.3) is 6.08 Å². The summed E-state index contributed by atoms with van der Waals surface area (Å²) in [7, 11) is 0. The molecule has 0 aliphatic carbocycles. The first kappa shape index (κ1) is 25.7. The topological polar surface area (TPSA) is 105 Å². The first-order valence-electron chi connectivity index (χ1n) is 11.6. The van der Waals surface area contributed by atoms with E-state index in [0.717, 1.165) is 5.56 Å².